The molecule has 0 saturated carbocycles. The van der Waals surface area contributed by atoms with E-state index in [4.69, 9.17) is 0 Å². The molecule has 2 aromatic rings. The molecule has 0 radical (unpaired) electrons. The largest absolute Gasteiger partial charge is 0.380 e. The molecule has 4 nitrogen and oxygen atoms in total. The van der Waals surface area contributed by atoms with Crippen LogP contribution in [0.1, 0.15) is 24.4 Å². The second-order valence-electron chi connectivity index (χ2n) is 5.46. The van der Waals surface area contributed by atoms with Gasteiger partial charge in [0, 0.05) is 23.6 Å². The molecule has 0 aliphatic carbocycles. The number of alkyl halides is 1. The van der Waals surface area contributed by atoms with Crippen molar-refractivity contribution in [2.75, 3.05) is 18.0 Å². The number of H-pyrrole nitrogens is 1. The molecule has 20 heavy (non-hydrogen) atoms. The van der Waals surface area contributed by atoms with Crippen LogP contribution in [0.2, 0.25) is 0 Å². The zero-order valence-electron chi connectivity index (χ0n) is 11.2. The maximum atomic E-state index is 13.7. The lowest BCUT2D eigenvalue weighted by Crippen LogP contribution is -2.57. The fourth-order valence-corrected chi connectivity index (χ4v) is 2.81. The molecule has 0 bridgehead atoms. The number of aromatic amines is 1. The van der Waals surface area contributed by atoms with Crippen molar-refractivity contribution in [2.24, 2.45) is 0 Å². The first-order valence-corrected chi connectivity index (χ1v) is 7.05. The summed E-state index contributed by atoms with van der Waals surface area (Å²) in [5, 5.41) is 11.4. The summed E-state index contributed by atoms with van der Waals surface area (Å²) in [6.07, 6.45) is 2.44. The quantitative estimate of drug-likeness (QED) is 0.844. The second-order valence-corrected chi connectivity index (χ2v) is 6.13. The van der Waals surface area contributed by atoms with E-state index in [1.807, 2.05) is 23.1 Å². The maximum absolute atomic E-state index is 13.7. The third-order valence-electron chi connectivity index (χ3n) is 3.51. The van der Waals surface area contributed by atoms with E-state index in [0.29, 0.717) is 18.9 Å². The Morgan fingerprint density at radius 1 is 1.50 bits per heavy atom. The SMILES string of the molecule is CC1(F)CN(c2cc(P)ccc2C(O)c2ncc[nH]2)C1. The molecule has 1 aromatic carbocycles. The second kappa shape index (κ2) is 4.83. The molecule has 2 unspecified atom stereocenters. The molecule has 0 amide bonds. The highest BCUT2D eigenvalue weighted by Crippen LogP contribution is 2.35. The van der Waals surface area contributed by atoms with Crippen molar-refractivity contribution >= 4 is 20.2 Å². The Balaban J connectivity index is 1.95. The van der Waals surface area contributed by atoms with E-state index in [2.05, 4.69) is 19.2 Å². The van der Waals surface area contributed by atoms with Crippen molar-refractivity contribution in [1.82, 2.24) is 9.97 Å². The van der Waals surface area contributed by atoms with Crippen LogP contribution in [-0.2, 0) is 0 Å². The molecule has 0 spiro atoms. The highest BCUT2D eigenvalue weighted by atomic mass is 31.0. The van der Waals surface area contributed by atoms with Gasteiger partial charge in [-0.2, -0.15) is 0 Å². The van der Waals surface area contributed by atoms with Crippen LogP contribution in [0, 0.1) is 0 Å². The fraction of sp³-hybridized carbons (Fsp3) is 0.357. The molecular weight excluding hydrogens is 276 g/mol. The molecule has 106 valence electrons. The molecule has 3 rings (SSSR count). The van der Waals surface area contributed by atoms with Gasteiger partial charge in [0.25, 0.3) is 0 Å². The predicted octanol–water partition coefficient (Wildman–Crippen LogP) is 1.54. The van der Waals surface area contributed by atoms with E-state index in [0.717, 1.165) is 16.6 Å². The van der Waals surface area contributed by atoms with Gasteiger partial charge in [-0.3, -0.25) is 0 Å². The minimum atomic E-state index is -1.15. The average molecular weight is 293 g/mol. The lowest BCUT2D eigenvalue weighted by molar-refractivity contribution is 0.143. The first kappa shape index (κ1) is 13.5. The number of aliphatic hydroxyl groups is 1. The number of rotatable bonds is 3. The monoisotopic (exact) mass is 293 g/mol. The molecule has 1 aromatic heterocycles. The predicted molar refractivity (Wildman–Crippen MR) is 80.2 cm³/mol. The maximum Gasteiger partial charge on any atom is 0.142 e. The summed E-state index contributed by atoms with van der Waals surface area (Å²) in [5.74, 6) is 0.492. The smallest absolute Gasteiger partial charge is 0.142 e. The van der Waals surface area contributed by atoms with Crippen LogP contribution in [0.3, 0.4) is 0 Å². The molecule has 1 aliphatic rings. The summed E-state index contributed by atoms with van der Waals surface area (Å²) in [6, 6.07) is 5.71. The number of nitrogens with one attached hydrogen (secondary N) is 1. The van der Waals surface area contributed by atoms with Gasteiger partial charge < -0.3 is 15.0 Å². The van der Waals surface area contributed by atoms with Gasteiger partial charge in [-0.05, 0) is 18.3 Å². The van der Waals surface area contributed by atoms with Gasteiger partial charge in [-0.25, -0.2) is 9.37 Å². The number of nitrogens with zero attached hydrogens (tertiary/aromatic N) is 2. The number of halogens is 1. The zero-order chi connectivity index (χ0) is 14.3. The Morgan fingerprint density at radius 2 is 2.25 bits per heavy atom. The summed E-state index contributed by atoms with van der Waals surface area (Å²) in [4.78, 5) is 8.93. The lowest BCUT2D eigenvalue weighted by Gasteiger charge is -2.45. The average Bonchev–Trinajstić information content (AvgIpc) is 2.88. The third kappa shape index (κ3) is 2.43. The number of anilines is 1. The molecule has 1 aliphatic heterocycles. The molecule has 6 heteroatoms. The number of hydrogen-bond acceptors (Lipinski definition) is 3. The van der Waals surface area contributed by atoms with E-state index >= 15 is 0 Å². The van der Waals surface area contributed by atoms with Crippen LogP contribution in [0.4, 0.5) is 10.1 Å². The first-order chi connectivity index (χ1) is 9.46. The van der Waals surface area contributed by atoms with Crippen LogP contribution >= 0.6 is 9.24 Å². The number of aliphatic hydroxyl groups excluding tert-OH is 1. The lowest BCUT2D eigenvalue weighted by atomic mass is 9.95. The minimum Gasteiger partial charge on any atom is -0.380 e. The van der Waals surface area contributed by atoms with Crippen molar-refractivity contribution < 1.29 is 9.50 Å². The molecular formula is C14H17FN3OP. The molecule has 2 heterocycles. The van der Waals surface area contributed by atoms with Gasteiger partial charge in [0.05, 0.1) is 13.1 Å². The van der Waals surface area contributed by atoms with E-state index < -0.39 is 11.8 Å². The Hall–Kier alpha value is -1.45. The summed E-state index contributed by atoms with van der Waals surface area (Å²) in [5.41, 5.74) is 0.447. The number of benzene rings is 1. The van der Waals surface area contributed by atoms with E-state index in [1.165, 1.54) is 0 Å². The first-order valence-electron chi connectivity index (χ1n) is 6.47. The van der Waals surface area contributed by atoms with E-state index in [-0.39, 0.29) is 0 Å². The van der Waals surface area contributed by atoms with Gasteiger partial charge in [0.1, 0.15) is 17.6 Å². The van der Waals surface area contributed by atoms with Crippen LogP contribution in [0.5, 0.6) is 0 Å². The van der Waals surface area contributed by atoms with Gasteiger partial charge in [0.2, 0.25) is 0 Å². The van der Waals surface area contributed by atoms with Crippen LogP contribution in [0.15, 0.2) is 30.6 Å². The van der Waals surface area contributed by atoms with Gasteiger partial charge in [0.15, 0.2) is 0 Å². The molecule has 1 fully saturated rings. The Kier molecular flexibility index (Phi) is 3.27. The van der Waals surface area contributed by atoms with Crippen molar-refractivity contribution in [3.8, 4) is 0 Å². The summed E-state index contributed by atoms with van der Waals surface area (Å²) in [6.45, 7) is 2.29. The zero-order valence-corrected chi connectivity index (χ0v) is 12.3. The Morgan fingerprint density at radius 3 is 2.85 bits per heavy atom. The minimum absolute atomic E-state index is 0.346. The normalized spacial score (nSPS) is 18.7. The Labute approximate surface area is 119 Å². The molecule has 1 saturated heterocycles. The molecule has 2 atom stereocenters. The number of aromatic nitrogens is 2. The van der Waals surface area contributed by atoms with E-state index in [1.54, 1.807) is 19.3 Å². The number of imidazole rings is 1. The van der Waals surface area contributed by atoms with Crippen molar-refractivity contribution in [2.45, 2.75) is 18.7 Å². The van der Waals surface area contributed by atoms with Crippen molar-refractivity contribution in [3.05, 3.63) is 42.0 Å². The van der Waals surface area contributed by atoms with Gasteiger partial charge in [-0.1, -0.05) is 12.1 Å². The number of hydrogen-bond donors (Lipinski definition) is 2. The summed E-state index contributed by atoms with van der Waals surface area (Å²) < 4.78 is 13.7. The van der Waals surface area contributed by atoms with Crippen LogP contribution < -0.4 is 10.2 Å². The van der Waals surface area contributed by atoms with Gasteiger partial charge in [-0.15, -0.1) is 9.24 Å². The standard InChI is InChI=1S/C14H17FN3OP/c1-14(15)7-18(8-14)11-6-9(20)2-3-10(11)12(19)13-16-4-5-17-13/h2-6,12,19H,7-8,20H2,1H3,(H,16,17). The van der Waals surface area contributed by atoms with Crippen LogP contribution in [0.25, 0.3) is 0 Å². The van der Waals surface area contributed by atoms with Gasteiger partial charge >= 0.3 is 0 Å². The van der Waals surface area contributed by atoms with Crippen molar-refractivity contribution in [1.29, 1.82) is 0 Å². The molecule has 2 N–H and O–H groups in total. The summed E-state index contributed by atoms with van der Waals surface area (Å²) >= 11 is 0. The highest BCUT2D eigenvalue weighted by molar-refractivity contribution is 7.27. The fourth-order valence-electron chi connectivity index (χ4n) is 2.56. The summed E-state index contributed by atoms with van der Waals surface area (Å²) in [7, 11) is 2.62. The van der Waals surface area contributed by atoms with Crippen molar-refractivity contribution in [3.63, 3.8) is 0 Å². The Bertz CT molecular complexity index is 607. The third-order valence-corrected chi connectivity index (χ3v) is 3.87. The topological polar surface area (TPSA) is 52.1 Å². The van der Waals surface area contributed by atoms with Crippen LogP contribution in [-0.4, -0.2) is 33.8 Å². The van der Waals surface area contributed by atoms with E-state index in [9.17, 15) is 9.50 Å². The highest BCUT2D eigenvalue weighted by Gasteiger charge is 2.40.